The van der Waals surface area contributed by atoms with E-state index in [0.29, 0.717) is 28.9 Å². The summed E-state index contributed by atoms with van der Waals surface area (Å²) in [4.78, 5) is 13.8. The molecule has 0 unspecified atom stereocenters. The van der Waals surface area contributed by atoms with Crippen LogP contribution in [0.1, 0.15) is 28.8 Å². The van der Waals surface area contributed by atoms with Gasteiger partial charge in [-0.3, -0.25) is 4.79 Å². The summed E-state index contributed by atoms with van der Waals surface area (Å²) in [6.45, 7) is 0.520. The summed E-state index contributed by atoms with van der Waals surface area (Å²) in [5.41, 5.74) is 0.958. The third kappa shape index (κ3) is 3.65. The summed E-state index contributed by atoms with van der Waals surface area (Å²) in [7, 11) is 0. The molecule has 0 bridgehead atoms. The van der Waals surface area contributed by atoms with Gasteiger partial charge in [-0.1, -0.05) is 6.07 Å². The molecule has 6 heteroatoms. The number of carbonyl (C=O) groups is 1. The van der Waals surface area contributed by atoms with Gasteiger partial charge in [-0.15, -0.1) is 12.6 Å². The van der Waals surface area contributed by atoms with Crippen molar-refractivity contribution in [2.45, 2.75) is 36.9 Å². The number of hydrogen-bond acceptors (Lipinski definition) is 2. The Morgan fingerprint density at radius 2 is 2.05 bits per heavy atom. The van der Waals surface area contributed by atoms with Crippen LogP contribution in [-0.4, -0.2) is 29.6 Å². The van der Waals surface area contributed by atoms with Crippen molar-refractivity contribution in [2.75, 3.05) is 6.54 Å². The molecule has 1 aliphatic rings. The van der Waals surface area contributed by atoms with E-state index in [1.807, 2.05) is 0 Å². The van der Waals surface area contributed by atoms with Crippen molar-refractivity contribution in [1.82, 2.24) is 4.90 Å². The van der Waals surface area contributed by atoms with Crippen molar-refractivity contribution in [1.29, 1.82) is 0 Å². The fourth-order valence-electron chi connectivity index (χ4n) is 1.94. The van der Waals surface area contributed by atoms with Crippen LogP contribution in [0.3, 0.4) is 0 Å². The van der Waals surface area contributed by atoms with Crippen LogP contribution in [0.15, 0.2) is 23.1 Å². The van der Waals surface area contributed by atoms with Gasteiger partial charge in [-0.25, -0.2) is 0 Å². The second kappa shape index (κ2) is 5.07. The minimum absolute atomic E-state index is 0.280. The predicted octanol–water partition coefficient (Wildman–Crippen LogP) is 3.45. The number of halogens is 3. The highest BCUT2D eigenvalue weighted by atomic mass is 32.1. The molecule has 1 amide bonds. The minimum Gasteiger partial charge on any atom is -0.327 e. The second-order valence-corrected chi connectivity index (χ2v) is 5.30. The third-order valence-corrected chi connectivity index (χ3v) is 3.33. The zero-order valence-corrected chi connectivity index (χ0v) is 11.3. The van der Waals surface area contributed by atoms with Gasteiger partial charge in [0.2, 0.25) is 0 Å². The molecule has 1 aromatic rings. The van der Waals surface area contributed by atoms with Crippen molar-refractivity contribution in [2.24, 2.45) is 0 Å². The number of benzene rings is 1. The highest BCUT2D eigenvalue weighted by molar-refractivity contribution is 7.80. The summed E-state index contributed by atoms with van der Waals surface area (Å²) < 4.78 is 37.6. The highest BCUT2D eigenvalue weighted by Gasteiger charge is 2.41. The Kier molecular flexibility index (Phi) is 3.80. The molecule has 1 aromatic carbocycles. The molecule has 104 valence electrons. The normalized spacial score (nSPS) is 15.4. The zero-order chi connectivity index (χ0) is 14.2. The van der Waals surface area contributed by atoms with Crippen LogP contribution in [0.4, 0.5) is 13.2 Å². The molecule has 1 fully saturated rings. The Labute approximate surface area is 115 Å². The average molecular weight is 289 g/mol. The fourth-order valence-corrected chi connectivity index (χ4v) is 2.14. The maximum absolute atomic E-state index is 12.5. The lowest BCUT2D eigenvalue weighted by molar-refractivity contribution is -0.141. The molecule has 2 rings (SSSR count). The van der Waals surface area contributed by atoms with Crippen LogP contribution in [0.2, 0.25) is 0 Å². The Balaban J connectivity index is 2.26. The first-order valence-corrected chi connectivity index (χ1v) is 6.40. The first kappa shape index (κ1) is 14.2. The molecule has 0 spiro atoms. The smallest absolute Gasteiger partial charge is 0.327 e. The summed E-state index contributed by atoms with van der Waals surface area (Å²) in [6, 6.07) is 4.64. The molecular weight excluding hydrogens is 275 g/mol. The van der Waals surface area contributed by atoms with E-state index in [1.54, 1.807) is 19.1 Å². The van der Waals surface area contributed by atoms with Crippen LogP contribution >= 0.6 is 12.6 Å². The standard InChI is InChI=1S/C13H14F3NOS/c1-8-2-5-10(19)6-11(8)12(18)17(9-3-4-9)7-13(14,15)16/h2,5-6,9,19H,3-4,7H2,1H3. The van der Waals surface area contributed by atoms with E-state index in [4.69, 9.17) is 0 Å². The maximum Gasteiger partial charge on any atom is 0.406 e. The lowest BCUT2D eigenvalue weighted by Crippen LogP contribution is -2.40. The highest BCUT2D eigenvalue weighted by Crippen LogP contribution is 2.32. The number of aryl methyl sites for hydroxylation is 1. The van der Waals surface area contributed by atoms with E-state index in [-0.39, 0.29) is 6.04 Å². The quantitative estimate of drug-likeness (QED) is 0.845. The molecule has 0 radical (unpaired) electrons. The van der Waals surface area contributed by atoms with Crippen LogP contribution in [-0.2, 0) is 0 Å². The number of rotatable bonds is 3. The van der Waals surface area contributed by atoms with Gasteiger partial charge in [0.15, 0.2) is 0 Å². The van der Waals surface area contributed by atoms with Crippen LogP contribution < -0.4 is 0 Å². The predicted molar refractivity (Wildman–Crippen MR) is 68.5 cm³/mol. The van der Waals surface area contributed by atoms with E-state index >= 15 is 0 Å². The number of hydrogen-bond donors (Lipinski definition) is 1. The average Bonchev–Trinajstić information content (AvgIpc) is 3.11. The van der Waals surface area contributed by atoms with Gasteiger partial charge >= 0.3 is 6.18 Å². The van der Waals surface area contributed by atoms with Gasteiger partial charge in [-0.05, 0) is 37.5 Å². The van der Waals surface area contributed by atoms with Gasteiger partial charge in [0, 0.05) is 16.5 Å². The monoisotopic (exact) mass is 289 g/mol. The lowest BCUT2D eigenvalue weighted by atomic mass is 10.1. The van der Waals surface area contributed by atoms with Crippen LogP contribution in [0.25, 0.3) is 0 Å². The summed E-state index contributed by atoms with van der Waals surface area (Å²) in [5, 5.41) is 0. The van der Waals surface area contributed by atoms with Crippen LogP contribution in [0, 0.1) is 6.92 Å². The third-order valence-electron chi connectivity index (χ3n) is 3.05. The van der Waals surface area contributed by atoms with Gasteiger partial charge < -0.3 is 4.90 Å². The van der Waals surface area contributed by atoms with Crippen LogP contribution in [0.5, 0.6) is 0 Å². The number of nitrogens with zero attached hydrogens (tertiary/aromatic N) is 1. The molecule has 0 aliphatic heterocycles. The molecule has 19 heavy (non-hydrogen) atoms. The van der Waals surface area contributed by atoms with Crippen molar-refractivity contribution in [3.8, 4) is 0 Å². The minimum atomic E-state index is -4.37. The molecule has 0 atom stereocenters. The van der Waals surface area contributed by atoms with Crippen molar-refractivity contribution < 1.29 is 18.0 Å². The van der Waals surface area contributed by atoms with Gasteiger partial charge in [-0.2, -0.15) is 13.2 Å². The van der Waals surface area contributed by atoms with E-state index in [0.717, 1.165) is 4.90 Å². The topological polar surface area (TPSA) is 20.3 Å². The Morgan fingerprint density at radius 3 is 2.58 bits per heavy atom. The van der Waals surface area contributed by atoms with Crippen molar-refractivity contribution in [3.63, 3.8) is 0 Å². The number of thiol groups is 1. The second-order valence-electron chi connectivity index (χ2n) is 4.78. The molecule has 0 saturated heterocycles. The largest absolute Gasteiger partial charge is 0.406 e. The first-order valence-electron chi connectivity index (χ1n) is 5.95. The summed E-state index contributed by atoms with van der Waals surface area (Å²) >= 11 is 4.13. The number of carbonyl (C=O) groups excluding carboxylic acids is 1. The fraction of sp³-hybridized carbons (Fsp3) is 0.462. The Hall–Kier alpha value is -1.17. The molecule has 0 aromatic heterocycles. The molecule has 2 nitrogen and oxygen atoms in total. The maximum atomic E-state index is 12.5. The van der Waals surface area contributed by atoms with E-state index < -0.39 is 18.6 Å². The molecule has 0 N–H and O–H groups in total. The SMILES string of the molecule is Cc1ccc(S)cc1C(=O)N(CC(F)(F)F)C1CC1. The summed E-state index contributed by atoms with van der Waals surface area (Å²) in [6.07, 6.45) is -3.09. The van der Waals surface area contributed by atoms with E-state index in [9.17, 15) is 18.0 Å². The van der Waals surface area contributed by atoms with Crippen molar-refractivity contribution in [3.05, 3.63) is 29.3 Å². The van der Waals surface area contributed by atoms with Gasteiger partial charge in [0.25, 0.3) is 5.91 Å². The molecule has 1 aliphatic carbocycles. The number of amides is 1. The molecular formula is C13H14F3NOS. The van der Waals surface area contributed by atoms with E-state index in [1.165, 1.54) is 6.07 Å². The first-order chi connectivity index (χ1) is 8.78. The lowest BCUT2D eigenvalue weighted by Gasteiger charge is -2.24. The summed E-state index contributed by atoms with van der Waals surface area (Å²) in [5.74, 6) is -0.562. The number of alkyl halides is 3. The Morgan fingerprint density at radius 1 is 1.42 bits per heavy atom. The van der Waals surface area contributed by atoms with Crippen molar-refractivity contribution >= 4 is 18.5 Å². The van der Waals surface area contributed by atoms with Gasteiger partial charge in [0.05, 0.1) is 0 Å². The zero-order valence-electron chi connectivity index (χ0n) is 10.4. The Bertz CT molecular complexity index is 497. The van der Waals surface area contributed by atoms with E-state index in [2.05, 4.69) is 12.6 Å². The molecule has 0 heterocycles. The van der Waals surface area contributed by atoms with Gasteiger partial charge in [0.1, 0.15) is 6.54 Å². The molecule has 1 saturated carbocycles.